The van der Waals surface area contributed by atoms with E-state index < -0.39 is 6.36 Å². The Morgan fingerprint density at radius 1 is 1.18 bits per heavy atom. The topological polar surface area (TPSA) is 115 Å². The molecule has 0 bridgehead atoms. The molecule has 2 aromatic carbocycles. The molecular formula is C27H25F3N6O3. The number of nitrogen functional groups attached to an aromatic ring is 1. The van der Waals surface area contributed by atoms with Crippen molar-refractivity contribution in [2.24, 2.45) is 0 Å². The number of carbonyl (C=O) groups is 2. The summed E-state index contributed by atoms with van der Waals surface area (Å²) in [4.78, 5) is 33.9. The standard InChI is InChI=1S/C27H25F3N6O3/c28-27(29,30)39-20-4-1-3-17(11-20)12-23(38)36-10-7-19-13-18(5-6-22(19)36)21-14-35(9-2-8-32-16-37)26-24(21)25(31)33-15-34-26/h1,3-6,11,13-16H,2,7-10,12H2,(H,32,37)(H2,31,33,34). The first-order valence-electron chi connectivity index (χ1n) is 12.3. The molecule has 0 saturated heterocycles. The zero-order valence-corrected chi connectivity index (χ0v) is 20.7. The summed E-state index contributed by atoms with van der Waals surface area (Å²) in [6, 6.07) is 11.2. The number of halogens is 3. The predicted molar refractivity (Wildman–Crippen MR) is 139 cm³/mol. The largest absolute Gasteiger partial charge is 0.573 e. The maximum Gasteiger partial charge on any atom is 0.573 e. The summed E-state index contributed by atoms with van der Waals surface area (Å²) < 4.78 is 43.7. The van der Waals surface area contributed by atoms with Gasteiger partial charge in [0.25, 0.3) is 0 Å². The monoisotopic (exact) mass is 538 g/mol. The van der Waals surface area contributed by atoms with Gasteiger partial charge in [-0.2, -0.15) is 0 Å². The van der Waals surface area contributed by atoms with Gasteiger partial charge in [0, 0.05) is 37.1 Å². The summed E-state index contributed by atoms with van der Waals surface area (Å²) in [6.07, 6.45) is 0.524. The smallest absolute Gasteiger partial charge is 0.406 e. The summed E-state index contributed by atoms with van der Waals surface area (Å²) >= 11 is 0. The molecule has 0 unspecified atom stereocenters. The van der Waals surface area contributed by atoms with E-state index in [0.717, 1.165) is 27.8 Å². The number of carbonyl (C=O) groups excluding carboxylic acids is 2. The number of aromatic nitrogens is 3. The number of hydrogen-bond donors (Lipinski definition) is 2. The van der Waals surface area contributed by atoms with E-state index in [2.05, 4.69) is 20.0 Å². The number of nitrogens with two attached hydrogens (primary N) is 1. The molecule has 2 aromatic heterocycles. The van der Waals surface area contributed by atoms with E-state index >= 15 is 0 Å². The van der Waals surface area contributed by atoms with Gasteiger partial charge >= 0.3 is 6.36 Å². The number of rotatable bonds is 9. The number of amides is 2. The van der Waals surface area contributed by atoms with Crippen molar-refractivity contribution in [3.63, 3.8) is 0 Å². The fourth-order valence-corrected chi connectivity index (χ4v) is 4.90. The lowest BCUT2D eigenvalue weighted by molar-refractivity contribution is -0.274. The molecule has 39 heavy (non-hydrogen) atoms. The van der Waals surface area contributed by atoms with E-state index in [4.69, 9.17) is 5.73 Å². The van der Waals surface area contributed by atoms with Crippen LogP contribution in [0.1, 0.15) is 17.5 Å². The van der Waals surface area contributed by atoms with Gasteiger partial charge in [-0.25, -0.2) is 9.97 Å². The molecule has 0 radical (unpaired) electrons. The lowest BCUT2D eigenvalue weighted by atomic mass is 10.0. The first-order chi connectivity index (χ1) is 18.7. The van der Waals surface area contributed by atoms with Crippen LogP contribution in [-0.2, 0) is 29.0 Å². The van der Waals surface area contributed by atoms with Gasteiger partial charge in [-0.15, -0.1) is 13.2 Å². The number of anilines is 2. The van der Waals surface area contributed by atoms with Crippen LogP contribution < -0.4 is 20.7 Å². The lowest BCUT2D eigenvalue weighted by Gasteiger charge is -2.18. The van der Waals surface area contributed by atoms with Crippen LogP contribution in [0.5, 0.6) is 5.75 Å². The molecule has 12 heteroatoms. The molecule has 5 rings (SSSR count). The normalized spacial score (nSPS) is 12.9. The second-order valence-electron chi connectivity index (χ2n) is 9.13. The molecule has 0 spiro atoms. The van der Waals surface area contributed by atoms with Gasteiger partial charge in [-0.3, -0.25) is 9.59 Å². The zero-order chi connectivity index (χ0) is 27.6. The van der Waals surface area contributed by atoms with Crippen LogP contribution in [-0.4, -0.2) is 46.3 Å². The molecule has 1 aliphatic rings. The highest BCUT2D eigenvalue weighted by Crippen LogP contribution is 2.37. The summed E-state index contributed by atoms with van der Waals surface area (Å²) in [5, 5.41) is 3.38. The van der Waals surface area contributed by atoms with Crippen molar-refractivity contribution < 1.29 is 27.5 Å². The van der Waals surface area contributed by atoms with E-state index in [1.165, 1.54) is 24.5 Å². The highest BCUT2D eigenvalue weighted by molar-refractivity contribution is 6.02. The molecule has 0 aliphatic carbocycles. The number of nitrogens with zero attached hydrogens (tertiary/aromatic N) is 4. The third-order valence-corrected chi connectivity index (χ3v) is 6.56. The van der Waals surface area contributed by atoms with Crippen molar-refractivity contribution in [1.29, 1.82) is 0 Å². The third-order valence-electron chi connectivity index (χ3n) is 6.56. The molecule has 3 heterocycles. The van der Waals surface area contributed by atoms with Crippen LogP contribution in [0.25, 0.3) is 22.2 Å². The van der Waals surface area contributed by atoms with Gasteiger partial charge in [0.05, 0.1) is 11.8 Å². The molecule has 4 aromatic rings. The average molecular weight is 539 g/mol. The Kier molecular flexibility index (Phi) is 7.09. The summed E-state index contributed by atoms with van der Waals surface area (Å²) in [6.45, 7) is 1.62. The van der Waals surface area contributed by atoms with Crippen LogP contribution in [0, 0.1) is 0 Å². The van der Waals surface area contributed by atoms with Crippen molar-refractivity contribution in [3.05, 3.63) is 66.1 Å². The van der Waals surface area contributed by atoms with Crippen LogP contribution in [0.15, 0.2) is 55.0 Å². The van der Waals surface area contributed by atoms with E-state index in [-0.39, 0.29) is 18.1 Å². The Labute approximate surface area is 221 Å². The minimum absolute atomic E-state index is 0.0590. The number of aryl methyl sites for hydroxylation is 1. The average Bonchev–Trinajstić information content (AvgIpc) is 3.48. The van der Waals surface area contributed by atoms with Crippen LogP contribution in [0.3, 0.4) is 0 Å². The van der Waals surface area contributed by atoms with Gasteiger partial charge in [0.1, 0.15) is 23.5 Å². The fourth-order valence-electron chi connectivity index (χ4n) is 4.90. The third kappa shape index (κ3) is 5.64. The Morgan fingerprint density at radius 2 is 2.03 bits per heavy atom. The number of benzene rings is 2. The summed E-state index contributed by atoms with van der Waals surface area (Å²) in [7, 11) is 0. The number of ether oxygens (including phenoxy) is 1. The number of alkyl halides is 3. The minimum Gasteiger partial charge on any atom is -0.406 e. The Balaban J connectivity index is 1.38. The van der Waals surface area contributed by atoms with Gasteiger partial charge in [-0.1, -0.05) is 18.2 Å². The molecule has 0 saturated carbocycles. The quantitative estimate of drug-likeness (QED) is 0.247. The maximum absolute atomic E-state index is 13.1. The van der Waals surface area contributed by atoms with Crippen LogP contribution in [0.4, 0.5) is 24.7 Å². The lowest BCUT2D eigenvalue weighted by Crippen LogP contribution is -2.30. The fraction of sp³-hybridized carbons (Fsp3) is 0.259. The second kappa shape index (κ2) is 10.6. The highest BCUT2D eigenvalue weighted by atomic mass is 19.4. The van der Waals surface area contributed by atoms with Gasteiger partial charge in [-0.05, 0) is 53.8 Å². The van der Waals surface area contributed by atoms with Gasteiger partial charge < -0.3 is 25.3 Å². The molecule has 1 aliphatic heterocycles. The molecular weight excluding hydrogens is 513 g/mol. The summed E-state index contributed by atoms with van der Waals surface area (Å²) in [5.41, 5.74) is 10.8. The Hall–Kier alpha value is -4.61. The Morgan fingerprint density at radius 3 is 2.82 bits per heavy atom. The predicted octanol–water partition coefficient (Wildman–Crippen LogP) is 3.85. The minimum atomic E-state index is -4.80. The van der Waals surface area contributed by atoms with Crippen molar-refractivity contribution >= 4 is 34.9 Å². The molecule has 2 amide bonds. The van der Waals surface area contributed by atoms with E-state index in [0.29, 0.717) is 55.9 Å². The van der Waals surface area contributed by atoms with Crippen molar-refractivity contribution in [2.45, 2.75) is 32.2 Å². The molecule has 0 atom stereocenters. The maximum atomic E-state index is 13.1. The van der Waals surface area contributed by atoms with E-state index in [1.807, 2.05) is 29.0 Å². The molecule has 3 N–H and O–H groups in total. The number of fused-ring (bicyclic) bond motifs is 2. The van der Waals surface area contributed by atoms with Crippen molar-refractivity contribution in [3.8, 4) is 16.9 Å². The first kappa shape index (κ1) is 26.0. The first-order valence-corrected chi connectivity index (χ1v) is 12.3. The number of hydrogen-bond acceptors (Lipinski definition) is 6. The van der Waals surface area contributed by atoms with Gasteiger partial charge in [0.2, 0.25) is 12.3 Å². The van der Waals surface area contributed by atoms with Crippen molar-refractivity contribution in [1.82, 2.24) is 19.9 Å². The van der Waals surface area contributed by atoms with Crippen LogP contribution in [0.2, 0.25) is 0 Å². The van der Waals surface area contributed by atoms with E-state index in [1.54, 1.807) is 11.0 Å². The zero-order valence-electron chi connectivity index (χ0n) is 20.7. The second-order valence-corrected chi connectivity index (χ2v) is 9.13. The van der Waals surface area contributed by atoms with E-state index in [9.17, 15) is 22.8 Å². The van der Waals surface area contributed by atoms with Gasteiger partial charge in [0.15, 0.2) is 0 Å². The number of nitrogens with one attached hydrogen (secondary N) is 1. The van der Waals surface area contributed by atoms with Crippen molar-refractivity contribution in [2.75, 3.05) is 23.7 Å². The molecule has 9 nitrogen and oxygen atoms in total. The SMILES string of the molecule is Nc1ncnc2c1c(-c1ccc3c(c1)CCN3C(=O)Cc1cccc(OC(F)(F)F)c1)cn2CCCNC=O. The molecule has 202 valence electrons. The highest BCUT2D eigenvalue weighted by Gasteiger charge is 2.31. The Bertz CT molecular complexity index is 1540. The van der Waals surface area contributed by atoms with Crippen LogP contribution >= 0.6 is 0 Å². The summed E-state index contributed by atoms with van der Waals surface area (Å²) in [5.74, 6) is -0.223. The molecule has 0 fully saturated rings.